The Hall–Kier alpha value is -3.83. The number of nitro benzene ring substituents is 1. The fourth-order valence-corrected chi connectivity index (χ4v) is 2.45. The van der Waals surface area contributed by atoms with Crippen LogP contribution < -0.4 is 15.4 Å². The van der Waals surface area contributed by atoms with Gasteiger partial charge in [-0.05, 0) is 36.4 Å². The Bertz CT molecular complexity index is 978. The van der Waals surface area contributed by atoms with Crippen molar-refractivity contribution in [1.29, 1.82) is 0 Å². The summed E-state index contributed by atoms with van der Waals surface area (Å²) in [6.45, 7) is -0.160. The molecule has 0 aromatic heterocycles. The molecule has 0 aliphatic carbocycles. The molecule has 0 fully saturated rings. The Kier molecular flexibility index (Phi) is 7.99. The Labute approximate surface area is 181 Å². The second-order valence-electron chi connectivity index (χ2n) is 6.81. The number of rotatable bonds is 9. The lowest BCUT2D eigenvalue weighted by atomic mass is 10.1. The summed E-state index contributed by atoms with van der Waals surface area (Å²) in [5.41, 5.74) is -1.53. The number of benzene rings is 2. The number of hydrogen-bond acceptors (Lipinski definition) is 6. The van der Waals surface area contributed by atoms with Crippen LogP contribution in [0.4, 0.5) is 30.2 Å². The monoisotopic (exact) mass is 454 g/mol. The largest absolute Gasteiger partial charge is 0.484 e. The lowest BCUT2D eigenvalue weighted by Gasteiger charge is -2.12. The molecule has 12 heteroatoms. The van der Waals surface area contributed by atoms with Crippen molar-refractivity contribution in [1.82, 2.24) is 4.90 Å². The maximum absolute atomic E-state index is 12.7. The van der Waals surface area contributed by atoms with Crippen LogP contribution in [-0.4, -0.2) is 48.9 Å². The van der Waals surface area contributed by atoms with E-state index in [4.69, 9.17) is 4.74 Å². The topological polar surface area (TPSA) is 114 Å². The molecule has 9 nitrogen and oxygen atoms in total. The molecule has 2 aromatic rings. The van der Waals surface area contributed by atoms with E-state index in [9.17, 15) is 32.9 Å². The van der Waals surface area contributed by atoms with Gasteiger partial charge in [0.2, 0.25) is 5.91 Å². The van der Waals surface area contributed by atoms with E-state index < -0.39 is 28.3 Å². The lowest BCUT2D eigenvalue weighted by molar-refractivity contribution is -0.384. The van der Waals surface area contributed by atoms with Crippen molar-refractivity contribution in [2.45, 2.75) is 12.6 Å². The number of halogens is 3. The minimum absolute atomic E-state index is 0.0358. The number of likely N-dealkylation sites (N-methyl/N-ethyl adjacent to an activating group) is 1. The number of nitrogens with zero attached hydrogens (tertiary/aromatic N) is 2. The standard InChI is InChI=1S/C20H21F3N4O5/c1-26(2)19(29)12-32-15-6-4-14(5-7-15)25-18(28)9-10-24-16-8-3-13(20(21,22)23)11-17(16)27(30)31/h3-8,11,24H,9-10,12H2,1-2H3,(H,25,28). The molecule has 172 valence electrons. The molecule has 0 heterocycles. The maximum Gasteiger partial charge on any atom is 0.416 e. The predicted octanol–water partition coefficient (Wildman–Crippen LogP) is 3.52. The Balaban J connectivity index is 1.87. The van der Waals surface area contributed by atoms with E-state index in [1.54, 1.807) is 38.4 Å². The quantitative estimate of drug-likeness (QED) is 0.443. The normalized spacial score (nSPS) is 10.9. The highest BCUT2D eigenvalue weighted by atomic mass is 19.4. The molecule has 2 amide bonds. The number of alkyl halides is 3. The molecular weight excluding hydrogens is 433 g/mol. The zero-order valence-corrected chi connectivity index (χ0v) is 17.2. The Morgan fingerprint density at radius 1 is 1.12 bits per heavy atom. The molecule has 0 radical (unpaired) electrons. The summed E-state index contributed by atoms with van der Waals surface area (Å²) in [6.07, 6.45) is -4.79. The first kappa shape index (κ1) is 24.4. The average Bonchev–Trinajstić information content (AvgIpc) is 2.72. The average molecular weight is 454 g/mol. The molecule has 2 aromatic carbocycles. The highest BCUT2D eigenvalue weighted by molar-refractivity contribution is 5.91. The number of nitro groups is 1. The van der Waals surface area contributed by atoms with Gasteiger partial charge in [-0.2, -0.15) is 13.2 Å². The van der Waals surface area contributed by atoms with E-state index in [1.165, 1.54) is 4.90 Å². The molecule has 0 saturated heterocycles. The third-order valence-electron chi connectivity index (χ3n) is 4.19. The zero-order chi connectivity index (χ0) is 23.9. The Morgan fingerprint density at radius 3 is 2.34 bits per heavy atom. The number of nitrogens with one attached hydrogen (secondary N) is 2. The summed E-state index contributed by atoms with van der Waals surface area (Å²) in [6, 6.07) is 8.41. The smallest absolute Gasteiger partial charge is 0.416 e. The van der Waals surface area contributed by atoms with Crippen molar-refractivity contribution >= 4 is 28.9 Å². The first-order valence-electron chi connectivity index (χ1n) is 9.29. The first-order valence-corrected chi connectivity index (χ1v) is 9.29. The first-order chi connectivity index (χ1) is 15.0. The number of carbonyl (C=O) groups excluding carboxylic acids is 2. The second kappa shape index (κ2) is 10.5. The van der Waals surface area contributed by atoms with Crippen molar-refractivity contribution in [2.75, 3.05) is 37.9 Å². The fourth-order valence-electron chi connectivity index (χ4n) is 2.45. The van der Waals surface area contributed by atoms with Crippen LogP contribution in [-0.2, 0) is 15.8 Å². The van der Waals surface area contributed by atoms with Crippen molar-refractivity contribution in [2.24, 2.45) is 0 Å². The molecule has 2 N–H and O–H groups in total. The predicted molar refractivity (Wildman–Crippen MR) is 110 cm³/mol. The van der Waals surface area contributed by atoms with Gasteiger partial charge in [-0.3, -0.25) is 19.7 Å². The Morgan fingerprint density at radius 2 is 1.78 bits per heavy atom. The van der Waals surface area contributed by atoms with Crippen LogP contribution in [0.2, 0.25) is 0 Å². The van der Waals surface area contributed by atoms with Gasteiger partial charge in [-0.25, -0.2) is 0 Å². The van der Waals surface area contributed by atoms with Crippen LogP contribution in [0.1, 0.15) is 12.0 Å². The summed E-state index contributed by atoms with van der Waals surface area (Å²) in [5.74, 6) is -0.179. The summed E-state index contributed by atoms with van der Waals surface area (Å²) in [4.78, 5) is 35.1. The summed E-state index contributed by atoms with van der Waals surface area (Å²) < 4.78 is 43.6. The van der Waals surface area contributed by atoms with Crippen molar-refractivity contribution < 1.29 is 32.4 Å². The van der Waals surface area contributed by atoms with E-state index in [2.05, 4.69) is 10.6 Å². The van der Waals surface area contributed by atoms with E-state index in [0.717, 1.165) is 12.1 Å². The van der Waals surface area contributed by atoms with Crippen molar-refractivity contribution in [3.8, 4) is 5.75 Å². The summed E-state index contributed by atoms with van der Waals surface area (Å²) in [5, 5.41) is 16.3. The van der Waals surface area contributed by atoms with Gasteiger partial charge in [0.1, 0.15) is 11.4 Å². The van der Waals surface area contributed by atoms with Gasteiger partial charge in [0.25, 0.3) is 11.6 Å². The summed E-state index contributed by atoms with van der Waals surface area (Å²) in [7, 11) is 3.21. The van der Waals surface area contributed by atoms with Gasteiger partial charge in [-0.1, -0.05) is 0 Å². The second-order valence-corrected chi connectivity index (χ2v) is 6.81. The number of hydrogen-bond donors (Lipinski definition) is 2. The van der Waals surface area contributed by atoms with Crippen LogP contribution in [0, 0.1) is 10.1 Å². The maximum atomic E-state index is 12.7. The van der Waals surface area contributed by atoms with Gasteiger partial charge in [0, 0.05) is 38.8 Å². The lowest BCUT2D eigenvalue weighted by Crippen LogP contribution is -2.27. The molecule has 0 atom stereocenters. The third-order valence-corrected chi connectivity index (χ3v) is 4.19. The van der Waals surface area contributed by atoms with Gasteiger partial charge in [0.15, 0.2) is 6.61 Å². The molecule has 0 aliphatic rings. The molecule has 32 heavy (non-hydrogen) atoms. The van der Waals surface area contributed by atoms with Crippen LogP contribution in [0.3, 0.4) is 0 Å². The molecule has 0 unspecified atom stereocenters. The highest BCUT2D eigenvalue weighted by Crippen LogP contribution is 2.34. The third kappa shape index (κ3) is 7.15. The summed E-state index contributed by atoms with van der Waals surface area (Å²) >= 11 is 0. The molecule has 2 rings (SSSR count). The van der Waals surface area contributed by atoms with Crippen LogP contribution in [0.5, 0.6) is 5.75 Å². The van der Waals surface area contributed by atoms with Gasteiger partial charge in [0.05, 0.1) is 10.5 Å². The molecule has 0 spiro atoms. The molecule has 0 saturated carbocycles. The molecular formula is C20H21F3N4O5. The van der Waals surface area contributed by atoms with Gasteiger partial charge in [-0.15, -0.1) is 0 Å². The van der Waals surface area contributed by atoms with Crippen LogP contribution in [0.25, 0.3) is 0 Å². The number of amides is 2. The van der Waals surface area contributed by atoms with E-state index in [1.807, 2.05) is 0 Å². The SMILES string of the molecule is CN(C)C(=O)COc1ccc(NC(=O)CCNc2ccc(C(F)(F)F)cc2[N+](=O)[O-])cc1. The van der Waals surface area contributed by atoms with E-state index in [0.29, 0.717) is 17.5 Å². The zero-order valence-electron chi connectivity index (χ0n) is 17.2. The van der Waals surface area contributed by atoms with Crippen LogP contribution >= 0.6 is 0 Å². The number of ether oxygens (including phenoxy) is 1. The minimum atomic E-state index is -4.70. The minimum Gasteiger partial charge on any atom is -0.484 e. The van der Waals surface area contributed by atoms with Crippen LogP contribution in [0.15, 0.2) is 42.5 Å². The number of anilines is 2. The fraction of sp³-hybridized carbons (Fsp3) is 0.300. The molecule has 0 aliphatic heterocycles. The van der Waals surface area contributed by atoms with Gasteiger partial charge >= 0.3 is 6.18 Å². The number of carbonyl (C=O) groups is 2. The van der Waals surface area contributed by atoms with E-state index in [-0.39, 0.29) is 31.2 Å². The van der Waals surface area contributed by atoms with Crippen molar-refractivity contribution in [3.63, 3.8) is 0 Å². The van der Waals surface area contributed by atoms with Gasteiger partial charge < -0.3 is 20.3 Å². The van der Waals surface area contributed by atoms with Crippen molar-refractivity contribution in [3.05, 3.63) is 58.1 Å². The highest BCUT2D eigenvalue weighted by Gasteiger charge is 2.33. The van der Waals surface area contributed by atoms with E-state index >= 15 is 0 Å². The molecule has 0 bridgehead atoms.